The van der Waals surface area contributed by atoms with Crippen molar-refractivity contribution in [2.45, 2.75) is 11.8 Å². The van der Waals surface area contributed by atoms with E-state index in [2.05, 4.69) is 19.8 Å². The molecule has 0 aliphatic rings. The van der Waals surface area contributed by atoms with Crippen LogP contribution in [-0.2, 0) is 19.2 Å². The molecule has 11 heteroatoms. The number of phenolic OH excluding ortho intramolecular Hbond substituents is 1. The first-order chi connectivity index (χ1) is 12.7. The molecule has 0 saturated heterocycles. The molecular formula is C16H16N4O6S. The highest BCUT2D eigenvalue weighted by atomic mass is 32.2. The number of allylic oxidation sites excluding steroid dienone is 1. The average molecular weight is 392 g/mol. The predicted octanol–water partition coefficient (Wildman–Crippen LogP) is 2.48. The molecule has 1 amide bonds. The maximum atomic E-state index is 12.3. The van der Waals surface area contributed by atoms with E-state index in [0.717, 1.165) is 18.2 Å². The molecule has 0 heterocycles. The van der Waals surface area contributed by atoms with Crippen molar-refractivity contribution in [3.8, 4) is 5.75 Å². The number of azo groups is 1. The highest BCUT2D eigenvalue weighted by Crippen LogP contribution is 2.30. The minimum absolute atomic E-state index is 0.278. The van der Waals surface area contributed by atoms with E-state index in [0.29, 0.717) is 5.69 Å². The number of aliphatic hydroxyl groups excluding tert-OH is 1. The molecule has 2 rings (SSSR count). The molecular weight excluding hydrogens is 376 g/mol. The van der Waals surface area contributed by atoms with E-state index in [1.165, 1.54) is 6.92 Å². The summed E-state index contributed by atoms with van der Waals surface area (Å²) in [5.74, 6) is 3.11. The molecule has 27 heavy (non-hydrogen) atoms. The molecule has 0 unspecified atom stereocenters. The predicted molar refractivity (Wildman–Crippen MR) is 95.5 cm³/mol. The van der Waals surface area contributed by atoms with Gasteiger partial charge in [-0.05, 0) is 37.3 Å². The number of hydrogen-bond donors (Lipinski definition) is 4. The number of aliphatic hydroxyl groups is 1. The number of benzene rings is 2. The van der Waals surface area contributed by atoms with Gasteiger partial charge in [0.25, 0.3) is 5.91 Å². The first-order valence-electron chi connectivity index (χ1n) is 7.39. The third-order valence-electron chi connectivity index (χ3n) is 3.21. The van der Waals surface area contributed by atoms with Crippen LogP contribution in [0.4, 0.5) is 11.4 Å². The molecule has 0 atom stereocenters. The zero-order valence-corrected chi connectivity index (χ0v) is 14.8. The van der Waals surface area contributed by atoms with Gasteiger partial charge in [0.05, 0.1) is 4.90 Å². The van der Waals surface area contributed by atoms with Crippen molar-refractivity contribution >= 4 is 27.4 Å². The second-order valence-corrected chi connectivity index (χ2v) is 6.73. The van der Waals surface area contributed by atoms with E-state index in [9.17, 15) is 23.4 Å². The van der Waals surface area contributed by atoms with Crippen molar-refractivity contribution in [3.63, 3.8) is 0 Å². The molecule has 2 aromatic carbocycles. The Morgan fingerprint density at radius 2 is 1.85 bits per heavy atom. The van der Waals surface area contributed by atoms with Crippen LogP contribution in [0.2, 0.25) is 0 Å². The zero-order valence-electron chi connectivity index (χ0n) is 14.0. The van der Waals surface area contributed by atoms with Gasteiger partial charge in [-0.3, -0.25) is 4.79 Å². The van der Waals surface area contributed by atoms with Gasteiger partial charge in [-0.25, -0.2) is 0 Å². The van der Waals surface area contributed by atoms with Crippen LogP contribution in [0.5, 0.6) is 5.75 Å². The van der Waals surface area contributed by atoms with Gasteiger partial charge in [0.2, 0.25) is 0 Å². The van der Waals surface area contributed by atoms with E-state index in [-0.39, 0.29) is 10.6 Å². The van der Waals surface area contributed by atoms with Crippen molar-refractivity contribution in [3.05, 3.63) is 60.0 Å². The third-order valence-corrected chi connectivity index (χ3v) is 4.29. The van der Waals surface area contributed by atoms with Crippen molar-refractivity contribution in [1.82, 2.24) is 0 Å². The van der Waals surface area contributed by atoms with E-state index in [1.807, 2.05) is 0 Å². The normalized spacial score (nSPS) is 12.7. The topological polar surface area (TPSA) is 164 Å². The summed E-state index contributed by atoms with van der Waals surface area (Å²) in [4.78, 5) is 11.9. The van der Waals surface area contributed by atoms with Crippen LogP contribution in [0.3, 0.4) is 0 Å². The van der Waals surface area contributed by atoms with Gasteiger partial charge in [0, 0.05) is 5.69 Å². The molecule has 142 valence electrons. The van der Waals surface area contributed by atoms with Crippen LogP contribution >= 0.6 is 0 Å². The molecule has 0 fully saturated rings. The number of nitrogens with one attached hydrogen (secondary N) is 1. The molecule has 10 nitrogen and oxygen atoms in total. The number of hydrogen-bond acceptors (Lipinski definition) is 9. The fraction of sp³-hybridized carbons (Fsp3) is 0.0625. The smallest absolute Gasteiger partial charge is 0.312 e. The number of amides is 1. The lowest BCUT2D eigenvalue weighted by Crippen LogP contribution is -2.14. The Morgan fingerprint density at radius 1 is 1.19 bits per heavy atom. The first-order valence-corrected chi connectivity index (χ1v) is 8.80. The minimum Gasteiger partial charge on any atom is -0.510 e. The van der Waals surface area contributed by atoms with Crippen LogP contribution in [0, 0.1) is 0 Å². The lowest BCUT2D eigenvalue weighted by atomic mass is 10.3. The molecule has 0 aromatic heterocycles. The monoisotopic (exact) mass is 392 g/mol. The van der Waals surface area contributed by atoms with E-state index in [1.54, 1.807) is 30.3 Å². The largest absolute Gasteiger partial charge is 0.510 e. The van der Waals surface area contributed by atoms with Crippen molar-refractivity contribution < 1.29 is 27.7 Å². The van der Waals surface area contributed by atoms with E-state index < -0.39 is 33.2 Å². The first kappa shape index (κ1) is 20.0. The Labute approximate surface area is 154 Å². The number of nitrogens with two attached hydrogens (primary N) is 1. The number of carbonyl (C=O) groups is 1. The average Bonchev–Trinajstić information content (AvgIpc) is 2.63. The third kappa shape index (κ3) is 5.10. The van der Waals surface area contributed by atoms with Crippen LogP contribution in [0.1, 0.15) is 6.92 Å². The number of nitrogens with zero attached hydrogens (tertiary/aromatic N) is 2. The Bertz CT molecular complexity index is 999. The van der Waals surface area contributed by atoms with Gasteiger partial charge in [-0.2, -0.15) is 18.6 Å². The summed E-state index contributed by atoms with van der Waals surface area (Å²) in [6.07, 6.45) is 0. The Morgan fingerprint density at radius 3 is 2.44 bits per heavy atom. The van der Waals surface area contributed by atoms with Gasteiger partial charge in [0.15, 0.2) is 5.70 Å². The number of rotatable bonds is 6. The molecule has 5 N–H and O–H groups in total. The Balaban J connectivity index is 2.32. The summed E-state index contributed by atoms with van der Waals surface area (Å²) in [5, 5.41) is 29.3. The van der Waals surface area contributed by atoms with E-state index in [4.69, 9.17) is 5.90 Å². The van der Waals surface area contributed by atoms with Crippen LogP contribution in [0.15, 0.2) is 75.1 Å². The Kier molecular flexibility index (Phi) is 6.23. The molecule has 0 radical (unpaired) electrons. The van der Waals surface area contributed by atoms with Gasteiger partial charge in [-0.1, -0.05) is 18.2 Å². The van der Waals surface area contributed by atoms with Crippen molar-refractivity contribution in [1.29, 1.82) is 0 Å². The number of phenols is 1. The lowest BCUT2D eigenvalue weighted by Gasteiger charge is -2.06. The summed E-state index contributed by atoms with van der Waals surface area (Å²) >= 11 is 0. The minimum atomic E-state index is -4.23. The molecule has 0 aliphatic carbocycles. The summed E-state index contributed by atoms with van der Waals surface area (Å²) in [7, 11) is -4.23. The molecule has 0 saturated carbocycles. The number of anilines is 1. The molecule has 0 bridgehead atoms. The van der Waals surface area contributed by atoms with Gasteiger partial charge in [0.1, 0.15) is 17.2 Å². The fourth-order valence-corrected chi connectivity index (χ4v) is 2.49. The van der Waals surface area contributed by atoms with E-state index >= 15 is 0 Å². The second kappa shape index (κ2) is 8.40. The van der Waals surface area contributed by atoms with Crippen LogP contribution in [-0.4, -0.2) is 24.5 Å². The summed E-state index contributed by atoms with van der Waals surface area (Å²) in [5.41, 5.74) is -0.242. The maximum Gasteiger partial charge on any atom is 0.312 e. The second-order valence-electron chi connectivity index (χ2n) is 5.16. The summed E-state index contributed by atoms with van der Waals surface area (Å²) < 4.78 is 27.1. The van der Waals surface area contributed by atoms with Gasteiger partial charge >= 0.3 is 10.1 Å². The number of carbonyl (C=O) groups excluding carboxylic acids is 1. The van der Waals surface area contributed by atoms with Crippen LogP contribution < -0.4 is 11.2 Å². The zero-order chi connectivity index (χ0) is 20.0. The maximum absolute atomic E-state index is 12.3. The molecule has 0 aliphatic heterocycles. The highest BCUT2D eigenvalue weighted by molar-refractivity contribution is 7.86. The summed E-state index contributed by atoms with van der Waals surface area (Å²) in [6, 6.07) is 11.5. The molecule has 0 spiro atoms. The highest BCUT2D eigenvalue weighted by Gasteiger charge is 2.17. The van der Waals surface area contributed by atoms with Crippen LogP contribution in [0.25, 0.3) is 0 Å². The van der Waals surface area contributed by atoms with Gasteiger partial charge < -0.3 is 15.5 Å². The number of aromatic hydroxyl groups is 1. The Hall–Kier alpha value is -3.28. The summed E-state index contributed by atoms with van der Waals surface area (Å²) in [6.45, 7) is 1.22. The van der Waals surface area contributed by atoms with Crippen molar-refractivity contribution in [2.75, 3.05) is 5.32 Å². The quantitative estimate of drug-likeness (QED) is 0.254. The standard InChI is InChI=1S/C16H16N4O6S/c1-10(21)15(16(23)18-11-5-3-2-4-6-11)20-19-13-9-12(7-8-14(13)22)27(24,25)26-17/h2-9,21-22H,17H2,1H3,(H,18,23)/b15-10-,20-19?. The van der Waals surface area contributed by atoms with Crippen molar-refractivity contribution in [2.24, 2.45) is 16.1 Å². The van der Waals surface area contributed by atoms with Gasteiger partial charge in [-0.15, -0.1) is 10.2 Å². The molecule has 2 aromatic rings. The fourth-order valence-electron chi connectivity index (χ4n) is 1.89. The number of para-hydroxylation sites is 1. The SMILES string of the molecule is C/C(O)=C(/N=Nc1cc(S(=O)(=O)ON)ccc1O)C(=O)Nc1ccccc1. The lowest BCUT2D eigenvalue weighted by molar-refractivity contribution is -0.113.